The number of piperidine rings is 1. The number of imidazole rings is 1. The summed E-state index contributed by atoms with van der Waals surface area (Å²) in [6.45, 7) is 5.71. The molecule has 2 aromatic carbocycles. The number of carbonyl (C=O) groups excluding carboxylic acids is 1. The van der Waals surface area contributed by atoms with Crippen molar-refractivity contribution in [2.24, 2.45) is 3.95 Å². The molecule has 0 saturated carbocycles. The molecule has 0 bridgehead atoms. The molecule has 0 radical (unpaired) electrons. The van der Waals surface area contributed by atoms with Gasteiger partial charge in [0, 0.05) is 19.2 Å². The number of benzene rings is 2. The number of rotatable bonds is 5. The van der Waals surface area contributed by atoms with Crippen molar-refractivity contribution in [3.63, 3.8) is 0 Å². The van der Waals surface area contributed by atoms with Gasteiger partial charge < -0.3 is 9.88 Å². The molecule has 3 N–H and O–H groups in total. The van der Waals surface area contributed by atoms with Crippen LogP contribution in [0, 0.1) is 10.5 Å². The molecule has 0 atom stereocenters. The van der Waals surface area contributed by atoms with E-state index < -0.39 is 0 Å². The molecule has 2 aliphatic rings. The Kier molecular flexibility index (Phi) is 6.86. The number of anilines is 1. The van der Waals surface area contributed by atoms with Crippen LogP contribution in [0.5, 0.6) is 0 Å². The molecule has 192 valence electrons. The van der Waals surface area contributed by atoms with Crippen LogP contribution in [-0.2, 0) is 0 Å². The molecule has 0 aliphatic carbocycles. The van der Waals surface area contributed by atoms with Crippen molar-refractivity contribution in [3.8, 4) is 11.4 Å². The van der Waals surface area contributed by atoms with Crippen LogP contribution in [0.15, 0.2) is 54.7 Å². The first-order valence-corrected chi connectivity index (χ1v) is 15.4. The third-order valence-corrected chi connectivity index (χ3v) is 9.21. The van der Waals surface area contributed by atoms with E-state index in [0.717, 1.165) is 72.8 Å². The van der Waals surface area contributed by atoms with E-state index in [0.29, 0.717) is 11.5 Å². The van der Waals surface area contributed by atoms with E-state index in [4.69, 9.17) is 8.93 Å². The van der Waals surface area contributed by atoms with Gasteiger partial charge in [-0.15, -0.1) is 0 Å². The molecular formula is C29H32IN6O-. The van der Waals surface area contributed by atoms with Gasteiger partial charge in [-0.2, -0.15) is 0 Å². The number of nitrogens with one attached hydrogen (secondary N) is 1. The van der Waals surface area contributed by atoms with Gasteiger partial charge >= 0.3 is 136 Å². The molecule has 2 aromatic heterocycles. The number of nitrogens with two attached hydrogens (primary N) is 1. The Balaban J connectivity index is 1.18. The number of pyridine rings is 1. The van der Waals surface area contributed by atoms with E-state index in [1.807, 2.05) is 29.3 Å². The summed E-state index contributed by atoms with van der Waals surface area (Å²) < 4.78 is 7.11. The van der Waals surface area contributed by atoms with Crippen LogP contribution in [0.4, 0.5) is 5.82 Å². The summed E-state index contributed by atoms with van der Waals surface area (Å²) in [4.78, 5) is 30.7. The number of hydrogen-bond acceptors (Lipinski definition) is 5. The van der Waals surface area contributed by atoms with E-state index >= 15 is 0 Å². The Morgan fingerprint density at radius 3 is 2.51 bits per heavy atom. The fourth-order valence-corrected chi connectivity index (χ4v) is 6.34. The van der Waals surface area contributed by atoms with Gasteiger partial charge in [0.15, 0.2) is 0 Å². The first kappa shape index (κ1) is 24.4. The Labute approximate surface area is 228 Å². The number of amides is 1. The minimum Gasteiger partial charge on any atom is -0.357 e. The Bertz CT molecular complexity index is 1420. The molecule has 8 heteroatoms. The molecule has 2 fully saturated rings. The van der Waals surface area contributed by atoms with Crippen molar-refractivity contribution in [3.05, 3.63) is 75.0 Å². The van der Waals surface area contributed by atoms with Crippen molar-refractivity contribution < 1.29 is 26.3 Å². The van der Waals surface area contributed by atoms with Gasteiger partial charge in [0.2, 0.25) is 0 Å². The van der Waals surface area contributed by atoms with Gasteiger partial charge in [0.25, 0.3) is 0 Å². The molecule has 2 saturated heterocycles. The van der Waals surface area contributed by atoms with Gasteiger partial charge in [0.1, 0.15) is 11.6 Å². The first-order valence-electron chi connectivity index (χ1n) is 13.0. The summed E-state index contributed by atoms with van der Waals surface area (Å²) in [6, 6.07) is 16.8. The standard InChI is InChI=1S/C29H32IN6O/c1-19-4-5-22(29(37)36-14-10-21(11-15-36)20-6-8-23(30-31)9-7-20)16-24(19)28-33-25-17-27(32-18-26(25)34-28)35-12-2-3-13-35/h4-9,16-18,21H,2-3,10-15,31H2,1H3,(H,33,34)/q-1. The molecule has 0 spiro atoms. The van der Waals surface area contributed by atoms with Crippen LogP contribution in [-0.4, -0.2) is 51.9 Å². The van der Waals surface area contributed by atoms with Crippen molar-refractivity contribution in [1.29, 1.82) is 0 Å². The number of hydrogen-bond donors (Lipinski definition) is 2. The Morgan fingerprint density at radius 1 is 1.03 bits per heavy atom. The van der Waals surface area contributed by atoms with Crippen LogP contribution < -0.4 is 30.3 Å². The van der Waals surface area contributed by atoms with Crippen molar-refractivity contribution in [2.75, 3.05) is 31.1 Å². The van der Waals surface area contributed by atoms with E-state index in [1.165, 1.54) is 22.0 Å². The summed E-state index contributed by atoms with van der Waals surface area (Å²) in [5, 5.41) is 0. The van der Waals surface area contributed by atoms with Crippen LogP contribution in [0.1, 0.15) is 53.1 Å². The van der Waals surface area contributed by atoms with Crippen molar-refractivity contribution in [1.82, 2.24) is 19.9 Å². The smallest absolute Gasteiger partial charge is 0.357 e. The normalized spacial score (nSPS) is 16.7. The van der Waals surface area contributed by atoms with Gasteiger partial charge in [-0.3, -0.25) is 0 Å². The molecule has 6 rings (SSSR count). The second-order valence-corrected chi connectivity index (χ2v) is 12.0. The molecular weight excluding hydrogens is 575 g/mol. The average Bonchev–Trinajstić information content (AvgIpc) is 3.63. The van der Waals surface area contributed by atoms with Crippen LogP contribution in [0.2, 0.25) is 0 Å². The number of carbonyl (C=O) groups is 1. The van der Waals surface area contributed by atoms with E-state index in [-0.39, 0.29) is 27.4 Å². The van der Waals surface area contributed by atoms with E-state index in [2.05, 4.69) is 52.1 Å². The quantitative estimate of drug-likeness (QED) is 0.266. The van der Waals surface area contributed by atoms with Crippen LogP contribution in [0.3, 0.4) is 0 Å². The first-order chi connectivity index (χ1) is 18.1. The minimum atomic E-state index is -0.362. The molecule has 1 amide bonds. The minimum absolute atomic E-state index is 0.0945. The Morgan fingerprint density at radius 2 is 1.78 bits per heavy atom. The number of fused-ring (bicyclic) bond motifs is 1. The van der Waals surface area contributed by atoms with Crippen molar-refractivity contribution >= 4 is 22.8 Å². The summed E-state index contributed by atoms with van der Waals surface area (Å²) in [7, 11) is 0. The van der Waals surface area contributed by atoms with E-state index in [1.54, 1.807) is 0 Å². The summed E-state index contributed by atoms with van der Waals surface area (Å²) in [5.41, 5.74) is 5.95. The number of halogens is 1. The number of H-pyrrole nitrogens is 1. The number of likely N-dealkylation sites (tertiary alicyclic amines) is 1. The predicted octanol–water partition coefficient (Wildman–Crippen LogP) is 1.69. The van der Waals surface area contributed by atoms with Crippen molar-refractivity contribution in [2.45, 2.75) is 38.5 Å². The zero-order chi connectivity index (χ0) is 25.4. The zero-order valence-corrected chi connectivity index (χ0v) is 23.2. The molecule has 4 heterocycles. The third kappa shape index (κ3) is 4.96. The van der Waals surface area contributed by atoms with Crippen LogP contribution in [0.25, 0.3) is 22.4 Å². The molecule has 2 aliphatic heterocycles. The predicted molar refractivity (Wildman–Crippen MR) is 143 cm³/mol. The van der Waals surface area contributed by atoms with Gasteiger partial charge in [-0.05, 0) is 25.3 Å². The van der Waals surface area contributed by atoms with Crippen LogP contribution >= 0.6 is 0 Å². The SMILES string of the molecule is Cc1ccc(C(=O)N2CCC(c3ccc([I-]N)cc3)CC2)cc1-c1nc2cc(N3CCCC3)ncc2[nH]1. The second kappa shape index (κ2) is 10.4. The van der Waals surface area contributed by atoms with Gasteiger partial charge in [0.05, 0.1) is 17.2 Å². The maximum absolute atomic E-state index is 13.5. The van der Waals surface area contributed by atoms with Gasteiger partial charge in [-0.1, -0.05) is 0 Å². The maximum atomic E-state index is 13.5. The molecule has 0 unspecified atom stereocenters. The number of aromatic amines is 1. The third-order valence-electron chi connectivity index (χ3n) is 7.77. The Hall–Kier alpha value is -2.98. The second-order valence-electron chi connectivity index (χ2n) is 10.1. The monoisotopic (exact) mass is 607 g/mol. The van der Waals surface area contributed by atoms with Gasteiger partial charge in [-0.25, -0.2) is 9.97 Å². The number of aryl methyl sites for hydroxylation is 1. The molecule has 7 nitrogen and oxygen atoms in total. The fourth-order valence-electron chi connectivity index (χ4n) is 5.56. The summed E-state index contributed by atoms with van der Waals surface area (Å²) in [6.07, 6.45) is 6.27. The average molecular weight is 608 g/mol. The fraction of sp³-hybridized carbons (Fsp3) is 0.345. The zero-order valence-electron chi connectivity index (χ0n) is 21.1. The number of aromatic nitrogens is 3. The summed E-state index contributed by atoms with van der Waals surface area (Å²) >= 11 is -0.362. The molecule has 37 heavy (non-hydrogen) atoms. The van der Waals surface area contributed by atoms with E-state index in [9.17, 15) is 4.79 Å². The summed E-state index contributed by atoms with van der Waals surface area (Å²) in [5.74, 6) is 2.36. The molecule has 4 aromatic rings. The number of nitrogens with zero attached hydrogens (tertiary/aromatic N) is 4. The topological polar surface area (TPSA) is 91.1 Å².